The third-order valence-corrected chi connectivity index (χ3v) is 2.90. The van der Waals surface area contributed by atoms with E-state index in [2.05, 4.69) is 0 Å². The van der Waals surface area contributed by atoms with Gasteiger partial charge in [-0.15, -0.1) is 0 Å². The average molecular weight is 381 g/mol. The normalized spacial score (nSPS) is 9.84. The fourth-order valence-corrected chi connectivity index (χ4v) is 1.61. The van der Waals surface area contributed by atoms with E-state index in [0.717, 1.165) is 0 Å². The summed E-state index contributed by atoms with van der Waals surface area (Å²) in [4.78, 5) is 21.5. The summed E-state index contributed by atoms with van der Waals surface area (Å²) < 4.78 is 15.1. The lowest BCUT2D eigenvalue weighted by Crippen LogP contribution is -2.07. The van der Waals surface area contributed by atoms with Crippen molar-refractivity contribution in [1.82, 2.24) is 0 Å². The van der Waals surface area contributed by atoms with E-state index >= 15 is 0 Å². The smallest absolute Gasteiger partial charge is 0.316 e. The molecule has 0 atom stereocenters. The molecule has 0 heterocycles. The maximum Gasteiger partial charge on any atom is 0.316 e. The van der Waals surface area contributed by atoms with E-state index in [0.29, 0.717) is 5.75 Å². The van der Waals surface area contributed by atoms with Crippen LogP contribution in [0.1, 0.15) is 5.56 Å². The number of ether oxygens (including phenoxy) is 3. The molecule has 0 saturated heterocycles. The lowest BCUT2D eigenvalue weighted by molar-refractivity contribution is -0.385. The first-order valence-electron chi connectivity index (χ1n) is 5.14. The maximum absolute atomic E-state index is 11.1. The number of alkyl halides is 1. The topological polar surface area (TPSA) is 87.9 Å². The van der Waals surface area contributed by atoms with Crippen molar-refractivity contribution < 1.29 is 23.9 Å². The van der Waals surface area contributed by atoms with Crippen LogP contribution in [0, 0.1) is 10.1 Å². The Morgan fingerprint density at radius 3 is 2.37 bits per heavy atom. The zero-order valence-electron chi connectivity index (χ0n) is 10.3. The van der Waals surface area contributed by atoms with Crippen LogP contribution in [0.2, 0.25) is 0 Å². The molecule has 0 radical (unpaired) electrons. The van der Waals surface area contributed by atoms with E-state index in [9.17, 15) is 14.9 Å². The molecule has 0 unspecified atom stereocenters. The third kappa shape index (κ3) is 3.94. The van der Waals surface area contributed by atoms with Gasteiger partial charge in [0, 0.05) is 0 Å². The molecular formula is C11H12INO6. The van der Waals surface area contributed by atoms with Gasteiger partial charge in [-0.25, -0.2) is 0 Å². The van der Waals surface area contributed by atoms with Gasteiger partial charge in [-0.05, 0) is 6.07 Å². The molecule has 0 amide bonds. The van der Waals surface area contributed by atoms with E-state index in [-0.39, 0.29) is 28.0 Å². The number of carbonyl (C=O) groups excluding carboxylic acids is 1. The van der Waals surface area contributed by atoms with Crippen LogP contribution >= 0.6 is 22.6 Å². The number of methoxy groups -OCH3 is 2. The van der Waals surface area contributed by atoms with Gasteiger partial charge >= 0.3 is 5.97 Å². The number of hydrogen-bond acceptors (Lipinski definition) is 6. The van der Waals surface area contributed by atoms with Crippen LogP contribution in [0.4, 0.5) is 5.69 Å². The molecule has 0 aliphatic carbocycles. The zero-order chi connectivity index (χ0) is 14.4. The van der Waals surface area contributed by atoms with Gasteiger partial charge in [0.25, 0.3) is 5.69 Å². The molecule has 0 aliphatic heterocycles. The molecule has 0 spiro atoms. The number of hydrogen-bond donors (Lipinski definition) is 0. The fraction of sp³-hybridized carbons (Fsp3) is 0.364. The predicted octanol–water partition coefficient (Wildman–Crippen LogP) is 2.09. The minimum absolute atomic E-state index is 0.179. The molecule has 0 saturated carbocycles. The lowest BCUT2D eigenvalue weighted by Gasteiger charge is -2.10. The number of rotatable bonds is 6. The van der Waals surface area contributed by atoms with E-state index in [1.165, 1.54) is 26.4 Å². The summed E-state index contributed by atoms with van der Waals surface area (Å²) >= 11 is 1.85. The highest BCUT2D eigenvalue weighted by atomic mass is 127. The second-order valence-electron chi connectivity index (χ2n) is 3.39. The van der Waals surface area contributed by atoms with Crippen molar-refractivity contribution in [2.24, 2.45) is 0 Å². The van der Waals surface area contributed by atoms with Crippen molar-refractivity contribution in [2.45, 2.75) is 6.61 Å². The minimum Gasteiger partial charge on any atom is -0.493 e. The highest BCUT2D eigenvalue weighted by molar-refractivity contribution is 14.1. The van der Waals surface area contributed by atoms with Crippen LogP contribution in [0.5, 0.6) is 11.5 Å². The first-order chi connectivity index (χ1) is 9.03. The Balaban J connectivity index is 3.12. The number of nitro benzene ring substituents is 1. The van der Waals surface area contributed by atoms with Crippen LogP contribution in [-0.2, 0) is 16.1 Å². The highest BCUT2D eigenvalue weighted by Crippen LogP contribution is 2.34. The van der Waals surface area contributed by atoms with E-state index in [1.54, 1.807) is 0 Å². The Kier molecular flexibility index (Phi) is 5.80. The number of nitro groups is 1. The van der Waals surface area contributed by atoms with Crippen LogP contribution in [-0.4, -0.2) is 29.5 Å². The molecule has 1 rings (SSSR count). The molecule has 8 heteroatoms. The molecule has 0 N–H and O–H groups in total. The Morgan fingerprint density at radius 1 is 1.32 bits per heavy atom. The van der Waals surface area contributed by atoms with Crippen molar-refractivity contribution >= 4 is 34.2 Å². The molecule has 1 aromatic rings. The summed E-state index contributed by atoms with van der Waals surface area (Å²) in [5.74, 6) is 0.150. The van der Waals surface area contributed by atoms with Gasteiger partial charge in [0.1, 0.15) is 6.61 Å². The second-order valence-corrected chi connectivity index (χ2v) is 4.15. The van der Waals surface area contributed by atoms with Crippen LogP contribution in [0.3, 0.4) is 0 Å². The van der Waals surface area contributed by atoms with Crippen molar-refractivity contribution in [2.75, 3.05) is 18.6 Å². The molecule has 0 aliphatic rings. The van der Waals surface area contributed by atoms with Crippen molar-refractivity contribution in [3.8, 4) is 11.5 Å². The van der Waals surface area contributed by atoms with Crippen molar-refractivity contribution in [3.63, 3.8) is 0 Å². The monoisotopic (exact) mass is 381 g/mol. The molecule has 0 aromatic heterocycles. The lowest BCUT2D eigenvalue weighted by atomic mass is 10.1. The SMILES string of the molecule is COc1cc(COC(=O)CI)c([N+](=O)[O-])cc1OC. The Bertz CT molecular complexity index is 490. The number of carbonyl (C=O) groups is 1. The predicted molar refractivity (Wildman–Crippen MR) is 74.9 cm³/mol. The standard InChI is InChI=1S/C11H12INO6/c1-17-9-3-7(6-19-11(14)5-12)8(13(15)16)4-10(9)18-2/h3-4H,5-6H2,1-2H3. The molecule has 19 heavy (non-hydrogen) atoms. The maximum atomic E-state index is 11.1. The van der Waals surface area contributed by atoms with Crippen LogP contribution in [0.25, 0.3) is 0 Å². The minimum atomic E-state index is -0.560. The average Bonchev–Trinajstić information content (AvgIpc) is 2.43. The number of esters is 1. The summed E-state index contributed by atoms with van der Waals surface area (Å²) in [6.07, 6.45) is 0. The number of halogens is 1. The van der Waals surface area contributed by atoms with Gasteiger partial charge in [0.05, 0.1) is 35.2 Å². The molecule has 0 bridgehead atoms. The first-order valence-corrected chi connectivity index (χ1v) is 6.67. The van der Waals surface area contributed by atoms with Gasteiger partial charge in [0.2, 0.25) is 0 Å². The van der Waals surface area contributed by atoms with Gasteiger partial charge in [-0.2, -0.15) is 0 Å². The largest absolute Gasteiger partial charge is 0.493 e. The first kappa shape index (κ1) is 15.5. The van der Waals surface area contributed by atoms with E-state index < -0.39 is 10.9 Å². The number of nitrogens with zero attached hydrogens (tertiary/aromatic N) is 1. The van der Waals surface area contributed by atoms with Gasteiger partial charge in [-0.3, -0.25) is 14.9 Å². The van der Waals surface area contributed by atoms with Crippen molar-refractivity contribution in [1.29, 1.82) is 0 Å². The van der Waals surface area contributed by atoms with Crippen LogP contribution in [0.15, 0.2) is 12.1 Å². The molecule has 0 fully saturated rings. The second kappa shape index (κ2) is 7.12. The van der Waals surface area contributed by atoms with E-state index in [1.807, 2.05) is 22.6 Å². The summed E-state index contributed by atoms with van der Waals surface area (Å²) in [6, 6.07) is 2.67. The Labute approximate surface area is 123 Å². The molecular weight excluding hydrogens is 369 g/mol. The van der Waals surface area contributed by atoms with E-state index in [4.69, 9.17) is 14.2 Å². The van der Waals surface area contributed by atoms with Crippen LogP contribution < -0.4 is 9.47 Å². The van der Waals surface area contributed by atoms with Gasteiger partial charge < -0.3 is 14.2 Å². The Morgan fingerprint density at radius 2 is 1.89 bits per heavy atom. The molecule has 104 valence electrons. The zero-order valence-corrected chi connectivity index (χ0v) is 12.5. The Hall–Kier alpha value is -1.58. The van der Waals surface area contributed by atoms with Gasteiger partial charge in [0.15, 0.2) is 11.5 Å². The quantitative estimate of drug-likeness (QED) is 0.247. The van der Waals surface area contributed by atoms with Gasteiger partial charge in [-0.1, -0.05) is 22.6 Å². The summed E-state index contributed by atoms with van der Waals surface area (Å²) in [7, 11) is 2.81. The highest BCUT2D eigenvalue weighted by Gasteiger charge is 2.20. The van der Waals surface area contributed by atoms with Crippen molar-refractivity contribution in [3.05, 3.63) is 27.8 Å². The summed E-state index contributed by atoms with van der Waals surface area (Å²) in [5.41, 5.74) is 0.0692. The third-order valence-electron chi connectivity index (χ3n) is 2.28. The summed E-state index contributed by atoms with van der Waals surface area (Å²) in [6.45, 7) is -0.182. The molecule has 7 nitrogen and oxygen atoms in total. The summed E-state index contributed by atoms with van der Waals surface area (Å²) in [5, 5.41) is 11.0. The molecule has 1 aromatic carbocycles. The fourth-order valence-electron chi connectivity index (χ4n) is 1.39. The number of benzene rings is 1.